The second-order valence-electron chi connectivity index (χ2n) is 5.29. The summed E-state index contributed by atoms with van der Waals surface area (Å²) in [6.07, 6.45) is 2.34. The Balaban J connectivity index is 1.97. The lowest BCUT2D eigenvalue weighted by molar-refractivity contribution is 0.279. The molecule has 0 amide bonds. The number of hydrogen-bond acceptors (Lipinski definition) is 3. The largest absolute Gasteiger partial charge is 0.495 e. The highest BCUT2D eigenvalue weighted by Crippen LogP contribution is 2.40. The molecule has 3 N–H and O–H groups in total. The molecule has 20 heavy (non-hydrogen) atoms. The van der Waals surface area contributed by atoms with Crippen molar-refractivity contribution < 1.29 is 4.74 Å². The predicted octanol–water partition coefficient (Wildman–Crippen LogP) is 2.17. The summed E-state index contributed by atoms with van der Waals surface area (Å²) >= 11 is 6.06. The van der Waals surface area contributed by atoms with E-state index in [0.29, 0.717) is 23.3 Å². The Morgan fingerprint density at radius 2 is 2.20 bits per heavy atom. The van der Waals surface area contributed by atoms with E-state index in [1.165, 1.54) is 12.8 Å². The molecule has 1 aromatic rings. The maximum absolute atomic E-state index is 6.06. The number of anilines is 1. The summed E-state index contributed by atoms with van der Waals surface area (Å²) in [7, 11) is 5.74. The molecule has 0 saturated heterocycles. The van der Waals surface area contributed by atoms with Crippen LogP contribution in [0.4, 0.5) is 5.69 Å². The van der Waals surface area contributed by atoms with Crippen LogP contribution < -0.4 is 15.8 Å². The first-order valence-corrected chi connectivity index (χ1v) is 6.92. The van der Waals surface area contributed by atoms with E-state index in [2.05, 4.69) is 29.3 Å². The van der Waals surface area contributed by atoms with Crippen LogP contribution in [0, 0.1) is 0 Å². The zero-order valence-electron chi connectivity index (χ0n) is 12.1. The van der Waals surface area contributed by atoms with Crippen molar-refractivity contribution in [2.45, 2.75) is 18.4 Å². The zero-order chi connectivity index (χ0) is 14.8. The maximum Gasteiger partial charge on any atom is 0.193 e. The van der Waals surface area contributed by atoms with Gasteiger partial charge < -0.3 is 20.7 Å². The lowest BCUT2D eigenvalue weighted by Gasteiger charge is -2.21. The second-order valence-corrected chi connectivity index (χ2v) is 5.70. The van der Waals surface area contributed by atoms with Gasteiger partial charge in [-0.1, -0.05) is 11.6 Å². The lowest BCUT2D eigenvalue weighted by Crippen LogP contribution is -2.34. The highest BCUT2D eigenvalue weighted by Gasteiger charge is 2.44. The molecule has 1 fully saturated rings. The van der Waals surface area contributed by atoms with E-state index in [0.717, 1.165) is 5.69 Å². The van der Waals surface area contributed by atoms with Crippen molar-refractivity contribution in [3.8, 4) is 5.75 Å². The van der Waals surface area contributed by atoms with E-state index in [1.807, 2.05) is 6.07 Å². The van der Waals surface area contributed by atoms with Crippen LogP contribution in [0.5, 0.6) is 5.75 Å². The minimum atomic E-state index is 0.198. The van der Waals surface area contributed by atoms with Gasteiger partial charge in [-0.25, -0.2) is 0 Å². The molecule has 1 aliphatic rings. The summed E-state index contributed by atoms with van der Waals surface area (Å²) in [6, 6.07) is 5.41. The van der Waals surface area contributed by atoms with Gasteiger partial charge in [0.1, 0.15) is 5.75 Å². The van der Waals surface area contributed by atoms with Gasteiger partial charge in [0.05, 0.1) is 18.7 Å². The van der Waals surface area contributed by atoms with Crippen LogP contribution in [0.1, 0.15) is 12.8 Å². The van der Waals surface area contributed by atoms with Gasteiger partial charge in [-0.2, -0.15) is 0 Å². The Labute approximate surface area is 124 Å². The number of guanidine groups is 1. The third-order valence-electron chi connectivity index (χ3n) is 3.74. The Bertz CT molecular complexity index is 512. The summed E-state index contributed by atoms with van der Waals surface area (Å²) in [6.45, 7) is 0.711. The van der Waals surface area contributed by atoms with Crippen LogP contribution in [-0.4, -0.2) is 44.1 Å². The lowest BCUT2D eigenvalue weighted by atomic mass is 10.2. The number of hydrogen-bond donors (Lipinski definition) is 2. The van der Waals surface area contributed by atoms with Crippen molar-refractivity contribution in [3.05, 3.63) is 23.2 Å². The van der Waals surface area contributed by atoms with E-state index in [1.54, 1.807) is 19.2 Å². The third-order valence-corrected chi connectivity index (χ3v) is 4.04. The fourth-order valence-electron chi connectivity index (χ4n) is 2.05. The normalized spacial score (nSPS) is 17.1. The zero-order valence-corrected chi connectivity index (χ0v) is 12.9. The molecule has 1 aromatic carbocycles. The fraction of sp³-hybridized carbons (Fsp3) is 0.500. The number of nitrogens with zero attached hydrogens (tertiary/aromatic N) is 2. The van der Waals surface area contributed by atoms with Gasteiger partial charge in [-0.05, 0) is 45.1 Å². The number of halogens is 1. The Morgan fingerprint density at radius 3 is 2.70 bits per heavy atom. The first-order valence-electron chi connectivity index (χ1n) is 6.55. The molecule has 0 atom stereocenters. The molecular formula is C14H21ClN4O. The molecule has 0 radical (unpaired) electrons. The molecule has 6 heteroatoms. The van der Waals surface area contributed by atoms with Crippen molar-refractivity contribution in [1.29, 1.82) is 0 Å². The van der Waals surface area contributed by atoms with E-state index >= 15 is 0 Å². The summed E-state index contributed by atoms with van der Waals surface area (Å²) in [5, 5.41) is 3.58. The van der Waals surface area contributed by atoms with Crippen molar-refractivity contribution >= 4 is 23.2 Å². The number of aliphatic imine (C=N–C) groups is 1. The first kappa shape index (κ1) is 14.9. The highest BCUT2D eigenvalue weighted by atomic mass is 35.5. The number of ether oxygens (including phenoxy) is 1. The van der Waals surface area contributed by atoms with Gasteiger partial charge in [0.2, 0.25) is 0 Å². The monoisotopic (exact) mass is 296 g/mol. The SMILES string of the molecule is COc1ccc(NC(N)=NCC2(N(C)C)CC2)cc1Cl. The van der Waals surface area contributed by atoms with Crippen LogP contribution in [-0.2, 0) is 0 Å². The third kappa shape index (κ3) is 3.35. The Kier molecular flexibility index (Phi) is 4.40. The molecule has 0 spiro atoms. The Morgan fingerprint density at radius 1 is 1.50 bits per heavy atom. The van der Waals surface area contributed by atoms with Crippen LogP contribution in [0.3, 0.4) is 0 Å². The minimum Gasteiger partial charge on any atom is -0.495 e. The second kappa shape index (κ2) is 5.89. The molecule has 110 valence electrons. The van der Waals surface area contributed by atoms with Gasteiger partial charge in [0.15, 0.2) is 5.96 Å². The fourth-order valence-corrected chi connectivity index (χ4v) is 2.31. The molecule has 2 rings (SSSR count). The van der Waals surface area contributed by atoms with Gasteiger partial charge in [0, 0.05) is 11.2 Å². The van der Waals surface area contributed by atoms with Crippen LogP contribution in [0.15, 0.2) is 23.2 Å². The quantitative estimate of drug-likeness (QED) is 0.646. The van der Waals surface area contributed by atoms with Gasteiger partial charge in [-0.15, -0.1) is 0 Å². The standard InChI is InChI=1S/C14H21ClN4O/c1-19(2)14(6-7-14)9-17-13(16)18-10-4-5-12(20-3)11(15)8-10/h4-5,8H,6-7,9H2,1-3H3,(H3,16,17,18). The maximum atomic E-state index is 6.06. The number of nitrogens with one attached hydrogen (secondary N) is 1. The topological polar surface area (TPSA) is 62.9 Å². The Hall–Kier alpha value is -1.46. The smallest absolute Gasteiger partial charge is 0.193 e. The molecule has 0 aliphatic heterocycles. The van der Waals surface area contributed by atoms with Gasteiger partial charge in [-0.3, -0.25) is 4.99 Å². The minimum absolute atomic E-state index is 0.198. The molecule has 0 bridgehead atoms. The van der Waals surface area contributed by atoms with Gasteiger partial charge in [0.25, 0.3) is 0 Å². The number of benzene rings is 1. The van der Waals surface area contributed by atoms with E-state index in [9.17, 15) is 0 Å². The number of nitrogens with two attached hydrogens (primary N) is 1. The van der Waals surface area contributed by atoms with Crippen LogP contribution >= 0.6 is 11.6 Å². The van der Waals surface area contributed by atoms with Crippen molar-refractivity contribution in [3.63, 3.8) is 0 Å². The van der Waals surface area contributed by atoms with Crippen molar-refractivity contribution in [1.82, 2.24) is 4.90 Å². The van der Waals surface area contributed by atoms with Crippen molar-refractivity contribution in [2.75, 3.05) is 33.1 Å². The van der Waals surface area contributed by atoms with E-state index in [4.69, 9.17) is 22.1 Å². The van der Waals surface area contributed by atoms with Gasteiger partial charge >= 0.3 is 0 Å². The van der Waals surface area contributed by atoms with E-state index in [-0.39, 0.29) is 5.54 Å². The average molecular weight is 297 g/mol. The highest BCUT2D eigenvalue weighted by molar-refractivity contribution is 6.32. The summed E-state index contributed by atoms with van der Waals surface area (Å²) in [5.41, 5.74) is 6.90. The van der Waals surface area contributed by atoms with Crippen LogP contribution in [0.25, 0.3) is 0 Å². The predicted molar refractivity (Wildman–Crippen MR) is 83.8 cm³/mol. The van der Waals surface area contributed by atoms with E-state index < -0.39 is 0 Å². The summed E-state index contributed by atoms with van der Waals surface area (Å²) in [4.78, 5) is 6.63. The summed E-state index contributed by atoms with van der Waals surface area (Å²) < 4.78 is 5.11. The molecular weight excluding hydrogens is 276 g/mol. The molecule has 1 saturated carbocycles. The molecule has 5 nitrogen and oxygen atoms in total. The average Bonchev–Trinajstić information content (AvgIpc) is 3.18. The molecule has 0 aromatic heterocycles. The number of methoxy groups -OCH3 is 1. The molecule has 0 heterocycles. The number of rotatable bonds is 5. The number of likely N-dealkylation sites (N-methyl/N-ethyl adjacent to an activating group) is 1. The molecule has 1 aliphatic carbocycles. The summed E-state index contributed by atoms with van der Waals surface area (Å²) in [5.74, 6) is 1.04. The first-order chi connectivity index (χ1) is 9.47. The molecule has 0 unspecified atom stereocenters. The van der Waals surface area contributed by atoms with Crippen LogP contribution in [0.2, 0.25) is 5.02 Å². The van der Waals surface area contributed by atoms with Crippen molar-refractivity contribution in [2.24, 2.45) is 10.7 Å².